The summed E-state index contributed by atoms with van der Waals surface area (Å²) in [5, 5.41) is 10.9. The molecule has 3 aromatic rings. The van der Waals surface area contributed by atoms with Crippen molar-refractivity contribution in [2.24, 2.45) is 0 Å². The maximum absolute atomic E-state index is 12.1. The van der Waals surface area contributed by atoms with E-state index in [4.69, 9.17) is 9.47 Å². The summed E-state index contributed by atoms with van der Waals surface area (Å²) in [6, 6.07) is 9.53. The number of aryl methyl sites for hydroxylation is 1. The normalized spacial score (nSPS) is 12.5. The lowest BCUT2D eigenvalue weighted by Gasteiger charge is -2.05. The lowest BCUT2D eigenvalue weighted by atomic mass is 10.1. The molecule has 7 heteroatoms. The van der Waals surface area contributed by atoms with Crippen LogP contribution in [0.25, 0.3) is 11.0 Å². The topological polar surface area (TPSA) is 89.1 Å². The molecule has 0 spiro atoms. The molecule has 0 aliphatic carbocycles. The van der Waals surface area contributed by atoms with E-state index in [1.807, 2.05) is 30.3 Å². The number of pyridine rings is 1. The molecule has 122 valence electrons. The van der Waals surface area contributed by atoms with Crippen molar-refractivity contribution in [1.29, 1.82) is 0 Å². The summed E-state index contributed by atoms with van der Waals surface area (Å²) in [4.78, 5) is 16.2. The summed E-state index contributed by atoms with van der Waals surface area (Å²) >= 11 is 0. The van der Waals surface area contributed by atoms with Crippen LogP contribution in [0, 0.1) is 0 Å². The fourth-order valence-corrected chi connectivity index (χ4v) is 2.67. The van der Waals surface area contributed by atoms with E-state index in [-0.39, 0.29) is 12.7 Å². The largest absolute Gasteiger partial charge is 0.454 e. The van der Waals surface area contributed by atoms with E-state index in [9.17, 15) is 4.79 Å². The van der Waals surface area contributed by atoms with Gasteiger partial charge in [-0.15, -0.1) is 0 Å². The highest BCUT2D eigenvalue weighted by molar-refractivity contribution is 5.79. The number of nitrogens with zero attached hydrogens (tertiary/aromatic N) is 2. The van der Waals surface area contributed by atoms with E-state index in [1.165, 1.54) is 0 Å². The van der Waals surface area contributed by atoms with E-state index < -0.39 is 0 Å². The summed E-state index contributed by atoms with van der Waals surface area (Å²) in [5.41, 5.74) is 2.56. The monoisotopic (exact) mass is 324 g/mol. The predicted octanol–water partition coefficient (Wildman–Crippen LogP) is 1.94. The van der Waals surface area contributed by atoms with Gasteiger partial charge in [-0.25, -0.2) is 4.98 Å². The summed E-state index contributed by atoms with van der Waals surface area (Å²) in [7, 11) is 0. The standard InChI is InChI=1S/C17H16N4O3/c22-16(6-4-11-3-5-14-15(8-11)24-10-23-14)19-9-13-12-2-1-7-18-17(12)21-20-13/h1-3,5,7-8H,4,6,9-10H2,(H,19,22)(H,18,20,21). The molecule has 1 aromatic carbocycles. The minimum Gasteiger partial charge on any atom is -0.454 e. The molecule has 1 aliphatic heterocycles. The fourth-order valence-electron chi connectivity index (χ4n) is 2.67. The van der Waals surface area contributed by atoms with Crippen LogP contribution in [0.15, 0.2) is 36.5 Å². The van der Waals surface area contributed by atoms with Crippen LogP contribution in [-0.4, -0.2) is 27.9 Å². The predicted molar refractivity (Wildman–Crippen MR) is 86.6 cm³/mol. The Morgan fingerprint density at radius 1 is 1.25 bits per heavy atom. The molecular weight excluding hydrogens is 308 g/mol. The number of rotatable bonds is 5. The molecule has 0 radical (unpaired) electrons. The number of aromatic amines is 1. The number of H-pyrrole nitrogens is 1. The van der Waals surface area contributed by atoms with Crippen molar-refractivity contribution in [1.82, 2.24) is 20.5 Å². The Morgan fingerprint density at radius 3 is 3.12 bits per heavy atom. The van der Waals surface area contributed by atoms with Crippen molar-refractivity contribution in [3.8, 4) is 11.5 Å². The number of hydrogen-bond acceptors (Lipinski definition) is 5. The van der Waals surface area contributed by atoms with Gasteiger partial charge in [0.05, 0.1) is 12.2 Å². The van der Waals surface area contributed by atoms with E-state index in [0.29, 0.717) is 25.0 Å². The molecule has 2 N–H and O–H groups in total. The molecular formula is C17H16N4O3. The second-order valence-corrected chi connectivity index (χ2v) is 5.54. The first-order valence-electron chi connectivity index (χ1n) is 7.73. The van der Waals surface area contributed by atoms with Crippen molar-refractivity contribution in [2.45, 2.75) is 19.4 Å². The third-order valence-corrected chi connectivity index (χ3v) is 3.95. The van der Waals surface area contributed by atoms with Gasteiger partial charge >= 0.3 is 0 Å². The minimum absolute atomic E-state index is 0.0145. The molecule has 0 atom stereocenters. The van der Waals surface area contributed by atoms with Gasteiger partial charge in [-0.1, -0.05) is 6.07 Å². The van der Waals surface area contributed by atoms with E-state index in [1.54, 1.807) is 6.20 Å². The molecule has 4 rings (SSSR count). The van der Waals surface area contributed by atoms with Gasteiger partial charge in [0, 0.05) is 18.0 Å². The second-order valence-electron chi connectivity index (χ2n) is 5.54. The van der Waals surface area contributed by atoms with Gasteiger partial charge in [-0.3, -0.25) is 9.89 Å². The second kappa shape index (κ2) is 6.19. The number of carbonyl (C=O) groups is 1. The van der Waals surface area contributed by atoms with Crippen molar-refractivity contribution < 1.29 is 14.3 Å². The van der Waals surface area contributed by atoms with Gasteiger partial charge in [0.15, 0.2) is 17.1 Å². The van der Waals surface area contributed by atoms with E-state index >= 15 is 0 Å². The lowest BCUT2D eigenvalue weighted by Crippen LogP contribution is -2.23. The Bertz CT molecular complexity index is 890. The molecule has 0 fully saturated rings. The number of hydrogen-bond donors (Lipinski definition) is 2. The van der Waals surface area contributed by atoms with Crippen molar-refractivity contribution in [3.05, 3.63) is 47.8 Å². The number of amides is 1. The number of aromatic nitrogens is 3. The zero-order valence-corrected chi connectivity index (χ0v) is 12.9. The van der Waals surface area contributed by atoms with Crippen LogP contribution < -0.4 is 14.8 Å². The minimum atomic E-state index is -0.0145. The van der Waals surface area contributed by atoms with Gasteiger partial charge in [0.1, 0.15) is 0 Å². The highest BCUT2D eigenvalue weighted by Crippen LogP contribution is 2.32. The van der Waals surface area contributed by atoms with Gasteiger partial charge < -0.3 is 14.8 Å². The number of benzene rings is 1. The maximum Gasteiger partial charge on any atom is 0.231 e. The SMILES string of the molecule is O=C(CCc1ccc2c(c1)OCO2)NCc1[nH]nc2ncccc12. The molecule has 7 nitrogen and oxygen atoms in total. The average molecular weight is 324 g/mol. The van der Waals surface area contributed by atoms with Gasteiger partial charge in [-0.2, -0.15) is 5.10 Å². The molecule has 0 saturated heterocycles. The van der Waals surface area contributed by atoms with Gasteiger partial charge in [0.25, 0.3) is 0 Å². The first-order chi connectivity index (χ1) is 11.8. The number of nitrogens with one attached hydrogen (secondary N) is 2. The molecule has 0 unspecified atom stereocenters. The van der Waals surface area contributed by atoms with Crippen molar-refractivity contribution in [3.63, 3.8) is 0 Å². The highest BCUT2D eigenvalue weighted by atomic mass is 16.7. The van der Waals surface area contributed by atoms with Crippen LogP contribution in [0.5, 0.6) is 11.5 Å². The van der Waals surface area contributed by atoms with Crippen LogP contribution >= 0.6 is 0 Å². The fraction of sp³-hybridized carbons (Fsp3) is 0.235. The number of fused-ring (bicyclic) bond motifs is 2. The summed E-state index contributed by atoms with van der Waals surface area (Å²) < 4.78 is 10.6. The first kappa shape index (κ1) is 14.5. The average Bonchev–Trinajstić information content (AvgIpc) is 3.24. The highest BCUT2D eigenvalue weighted by Gasteiger charge is 2.14. The van der Waals surface area contributed by atoms with Gasteiger partial charge in [0.2, 0.25) is 12.7 Å². The Labute approximate surface area is 138 Å². The molecule has 0 saturated carbocycles. The Morgan fingerprint density at radius 2 is 2.17 bits per heavy atom. The molecule has 0 bridgehead atoms. The summed E-state index contributed by atoms with van der Waals surface area (Å²) in [5.74, 6) is 1.48. The van der Waals surface area contributed by atoms with Crippen LogP contribution in [-0.2, 0) is 17.8 Å². The molecule has 2 aromatic heterocycles. The molecule has 24 heavy (non-hydrogen) atoms. The quantitative estimate of drug-likeness (QED) is 0.748. The smallest absolute Gasteiger partial charge is 0.231 e. The Balaban J connectivity index is 1.32. The number of carbonyl (C=O) groups excluding carboxylic acids is 1. The summed E-state index contributed by atoms with van der Waals surface area (Å²) in [6.45, 7) is 0.661. The van der Waals surface area contributed by atoms with Gasteiger partial charge in [-0.05, 0) is 36.2 Å². The molecule has 1 amide bonds. The molecule has 3 heterocycles. The van der Waals surface area contributed by atoms with E-state index in [2.05, 4.69) is 20.5 Å². The lowest BCUT2D eigenvalue weighted by molar-refractivity contribution is -0.121. The number of ether oxygens (including phenoxy) is 2. The van der Waals surface area contributed by atoms with Crippen LogP contribution in [0.3, 0.4) is 0 Å². The zero-order chi connectivity index (χ0) is 16.4. The summed E-state index contributed by atoms with van der Waals surface area (Å²) in [6.07, 6.45) is 2.74. The Hall–Kier alpha value is -3.09. The Kier molecular flexibility index (Phi) is 3.74. The van der Waals surface area contributed by atoms with Crippen molar-refractivity contribution in [2.75, 3.05) is 6.79 Å². The third kappa shape index (κ3) is 2.88. The van der Waals surface area contributed by atoms with Crippen molar-refractivity contribution >= 4 is 16.9 Å². The van der Waals surface area contributed by atoms with Crippen LogP contribution in [0.1, 0.15) is 17.7 Å². The van der Waals surface area contributed by atoms with Crippen LogP contribution in [0.4, 0.5) is 0 Å². The third-order valence-electron chi connectivity index (χ3n) is 3.95. The molecule has 1 aliphatic rings. The van der Waals surface area contributed by atoms with E-state index in [0.717, 1.165) is 28.1 Å². The maximum atomic E-state index is 12.1. The first-order valence-corrected chi connectivity index (χ1v) is 7.73. The van der Waals surface area contributed by atoms with Crippen LogP contribution in [0.2, 0.25) is 0 Å². The zero-order valence-electron chi connectivity index (χ0n) is 12.9.